The van der Waals surface area contributed by atoms with Gasteiger partial charge in [-0.05, 0) is 52.0 Å². The Labute approximate surface area is 172 Å². The first-order chi connectivity index (χ1) is 13.9. The highest BCUT2D eigenvalue weighted by Gasteiger charge is 2.68. The number of cyclic esters (lactones) is 1. The summed E-state index contributed by atoms with van der Waals surface area (Å²) in [6.07, 6.45) is 4.59. The summed E-state index contributed by atoms with van der Waals surface area (Å²) in [5.74, 6) is -2.01. The van der Waals surface area contributed by atoms with Crippen LogP contribution in [0.1, 0.15) is 59.3 Å². The third-order valence-electron chi connectivity index (χ3n) is 8.35. The topological polar surface area (TPSA) is 85.3 Å². The van der Waals surface area contributed by atoms with Gasteiger partial charge in [0.1, 0.15) is 12.2 Å². The molecule has 5 aliphatic heterocycles. The van der Waals surface area contributed by atoms with E-state index >= 15 is 0 Å². The van der Waals surface area contributed by atoms with E-state index in [0.29, 0.717) is 6.04 Å². The number of aliphatic hydroxyl groups is 1. The second-order valence-electron chi connectivity index (χ2n) is 9.83. The third-order valence-corrected chi connectivity index (χ3v) is 8.35. The van der Waals surface area contributed by atoms with E-state index in [1.807, 2.05) is 6.92 Å². The first kappa shape index (κ1) is 19.8. The van der Waals surface area contributed by atoms with Gasteiger partial charge in [-0.1, -0.05) is 13.8 Å². The fourth-order valence-electron chi connectivity index (χ4n) is 6.96. The molecule has 0 bridgehead atoms. The molecule has 1 N–H and O–H groups in total. The summed E-state index contributed by atoms with van der Waals surface area (Å²) in [7, 11) is 0. The van der Waals surface area contributed by atoms with Gasteiger partial charge in [-0.2, -0.15) is 0 Å². The number of esters is 2. The lowest BCUT2D eigenvalue weighted by molar-refractivity contribution is -0.250. The van der Waals surface area contributed by atoms with Crippen LogP contribution in [0.4, 0.5) is 0 Å². The molecule has 5 fully saturated rings. The van der Waals surface area contributed by atoms with Crippen LogP contribution in [0.5, 0.6) is 0 Å². The molecule has 7 heteroatoms. The number of carbonyl (C=O) groups excluding carboxylic acids is 2. The van der Waals surface area contributed by atoms with Crippen molar-refractivity contribution in [3.05, 3.63) is 0 Å². The Morgan fingerprint density at radius 3 is 2.48 bits per heavy atom. The Bertz CT molecular complexity index is 699. The number of rotatable bonds is 2. The number of aliphatic hydroxyl groups excluding tert-OH is 1. The van der Waals surface area contributed by atoms with Crippen LogP contribution in [0.15, 0.2) is 0 Å². The van der Waals surface area contributed by atoms with E-state index in [1.165, 1.54) is 0 Å². The van der Waals surface area contributed by atoms with Crippen molar-refractivity contribution in [2.24, 2.45) is 23.7 Å². The average molecular weight is 408 g/mol. The monoisotopic (exact) mass is 407 g/mol. The van der Waals surface area contributed by atoms with E-state index in [2.05, 4.69) is 11.8 Å². The van der Waals surface area contributed by atoms with E-state index in [1.54, 1.807) is 6.92 Å². The number of hydrogen-bond acceptors (Lipinski definition) is 7. The van der Waals surface area contributed by atoms with Gasteiger partial charge in [-0.25, -0.2) is 0 Å². The standard InChI is InChI=1S/C22H33NO6/c1-4-13-18-15-8-7-14(17-10-11(2)20(25)27-17)23(15)9-5-6-16(18)28-22(13)19(24)12(3)21(26)29-22/h11-19,24H,4-10H2,1-3H3. The van der Waals surface area contributed by atoms with E-state index in [4.69, 9.17) is 14.2 Å². The number of ether oxygens (including phenoxy) is 3. The molecule has 0 aromatic carbocycles. The SMILES string of the molecule is CCC1C2C(CCCN3C(C4CC(C)C(=O)O4)CCC23)OC12OC(=O)C(C)C2O. The first-order valence-corrected chi connectivity index (χ1v) is 11.4. The molecule has 1 spiro atoms. The molecule has 10 atom stereocenters. The van der Waals surface area contributed by atoms with Gasteiger partial charge in [0.2, 0.25) is 5.79 Å². The van der Waals surface area contributed by atoms with Gasteiger partial charge < -0.3 is 19.3 Å². The summed E-state index contributed by atoms with van der Waals surface area (Å²) < 4.78 is 18.0. The van der Waals surface area contributed by atoms with Gasteiger partial charge in [-0.15, -0.1) is 0 Å². The van der Waals surface area contributed by atoms with E-state index in [0.717, 1.165) is 45.1 Å². The van der Waals surface area contributed by atoms with Gasteiger partial charge in [0.05, 0.1) is 17.9 Å². The smallest absolute Gasteiger partial charge is 0.314 e. The molecule has 5 saturated heterocycles. The number of carbonyl (C=O) groups is 2. The van der Waals surface area contributed by atoms with Gasteiger partial charge in [0.25, 0.3) is 0 Å². The van der Waals surface area contributed by atoms with Crippen LogP contribution in [0.3, 0.4) is 0 Å². The van der Waals surface area contributed by atoms with E-state index in [-0.39, 0.29) is 47.9 Å². The van der Waals surface area contributed by atoms with Gasteiger partial charge in [0.15, 0.2) is 0 Å². The summed E-state index contributed by atoms with van der Waals surface area (Å²) in [6.45, 7) is 6.76. The maximum atomic E-state index is 12.3. The van der Waals surface area contributed by atoms with Crippen molar-refractivity contribution in [3.8, 4) is 0 Å². The van der Waals surface area contributed by atoms with Gasteiger partial charge in [-0.3, -0.25) is 14.5 Å². The molecule has 5 rings (SSSR count). The molecule has 29 heavy (non-hydrogen) atoms. The molecule has 0 radical (unpaired) electrons. The van der Waals surface area contributed by atoms with Crippen LogP contribution in [-0.2, 0) is 23.8 Å². The lowest BCUT2D eigenvalue weighted by atomic mass is 9.75. The quantitative estimate of drug-likeness (QED) is 0.699. The molecular formula is C22H33NO6. The number of hydrogen-bond donors (Lipinski definition) is 1. The molecule has 162 valence electrons. The Morgan fingerprint density at radius 2 is 1.86 bits per heavy atom. The van der Waals surface area contributed by atoms with Crippen molar-refractivity contribution in [2.45, 2.75) is 95.5 Å². The number of nitrogens with zero attached hydrogens (tertiary/aromatic N) is 1. The molecular weight excluding hydrogens is 374 g/mol. The lowest BCUT2D eigenvalue weighted by Crippen LogP contribution is -2.50. The van der Waals surface area contributed by atoms with Crippen molar-refractivity contribution in [3.63, 3.8) is 0 Å². The second-order valence-corrected chi connectivity index (χ2v) is 9.83. The largest absolute Gasteiger partial charge is 0.460 e. The van der Waals surface area contributed by atoms with Crippen LogP contribution >= 0.6 is 0 Å². The maximum Gasteiger partial charge on any atom is 0.314 e. The zero-order chi connectivity index (χ0) is 20.5. The third kappa shape index (κ3) is 2.73. The molecule has 7 nitrogen and oxygen atoms in total. The Kier molecular flexibility index (Phi) is 4.72. The van der Waals surface area contributed by atoms with Crippen molar-refractivity contribution < 1.29 is 28.9 Å². The predicted octanol–water partition coefficient (Wildman–Crippen LogP) is 1.86. The van der Waals surface area contributed by atoms with Crippen molar-refractivity contribution in [2.75, 3.05) is 6.54 Å². The molecule has 0 aromatic heterocycles. The average Bonchev–Trinajstić information content (AvgIpc) is 3.36. The highest BCUT2D eigenvalue weighted by molar-refractivity contribution is 5.76. The van der Waals surface area contributed by atoms with E-state index in [9.17, 15) is 14.7 Å². The molecule has 0 saturated carbocycles. The first-order valence-electron chi connectivity index (χ1n) is 11.4. The van der Waals surface area contributed by atoms with Crippen LogP contribution in [0.25, 0.3) is 0 Å². The van der Waals surface area contributed by atoms with Crippen LogP contribution in [-0.4, -0.2) is 64.7 Å². The van der Waals surface area contributed by atoms with Crippen molar-refractivity contribution in [1.82, 2.24) is 4.90 Å². The van der Waals surface area contributed by atoms with Crippen molar-refractivity contribution >= 4 is 11.9 Å². The minimum absolute atomic E-state index is 0.00787. The van der Waals surface area contributed by atoms with Crippen molar-refractivity contribution in [1.29, 1.82) is 0 Å². The molecule has 0 aromatic rings. The second kappa shape index (κ2) is 6.92. The van der Waals surface area contributed by atoms with E-state index < -0.39 is 17.8 Å². The Morgan fingerprint density at radius 1 is 1.10 bits per heavy atom. The highest BCUT2D eigenvalue weighted by Crippen LogP contribution is 2.55. The van der Waals surface area contributed by atoms with Gasteiger partial charge in [0, 0.05) is 23.9 Å². The normalized spacial score (nSPS) is 52.3. The number of fused-ring (bicyclic) bond motifs is 3. The minimum Gasteiger partial charge on any atom is -0.460 e. The van der Waals surface area contributed by atoms with Crippen LogP contribution in [0.2, 0.25) is 0 Å². The summed E-state index contributed by atoms with van der Waals surface area (Å²) in [5, 5.41) is 10.9. The Balaban J connectivity index is 1.43. The summed E-state index contributed by atoms with van der Waals surface area (Å²) in [6, 6.07) is 0.574. The molecule has 10 unspecified atom stereocenters. The van der Waals surface area contributed by atoms with Crippen LogP contribution < -0.4 is 0 Å². The molecule has 0 amide bonds. The van der Waals surface area contributed by atoms with Gasteiger partial charge >= 0.3 is 11.9 Å². The minimum atomic E-state index is -1.20. The zero-order valence-corrected chi connectivity index (χ0v) is 17.6. The Hall–Kier alpha value is -1.18. The maximum absolute atomic E-state index is 12.3. The summed E-state index contributed by atoms with van der Waals surface area (Å²) in [5.41, 5.74) is 0. The zero-order valence-electron chi connectivity index (χ0n) is 17.6. The highest BCUT2D eigenvalue weighted by atomic mass is 16.7. The summed E-state index contributed by atoms with van der Waals surface area (Å²) in [4.78, 5) is 26.8. The molecule has 0 aliphatic carbocycles. The predicted molar refractivity (Wildman–Crippen MR) is 103 cm³/mol. The molecule has 5 heterocycles. The molecule has 5 aliphatic rings. The fourth-order valence-corrected chi connectivity index (χ4v) is 6.96. The fraction of sp³-hybridized carbons (Fsp3) is 0.909. The lowest BCUT2D eigenvalue weighted by Gasteiger charge is -2.38. The summed E-state index contributed by atoms with van der Waals surface area (Å²) >= 11 is 0. The van der Waals surface area contributed by atoms with Crippen LogP contribution in [0, 0.1) is 23.7 Å².